The van der Waals surface area contributed by atoms with Crippen molar-refractivity contribution < 1.29 is 22.7 Å². The molecular formula is C22H21IN2O5S. The minimum atomic E-state index is -3.77. The molecule has 0 aromatic heterocycles. The number of anilines is 2. The van der Waals surface area contributed by atoms with Crippen LogP contribution in [-0.4, -0.2) is 28.0 Å². The number of halogens is 1. The van der Waals surface area contributed by atoms with Crippen LogP contribution in [0.25, 0.3) is 0 Å². The minimum absolute atomic E-state index is 0.0940. The van der Waals surface area contributed by atoms with Crippen LogP contribution in [0.1, 0.15) is 5.56 Å². The smallest absolute Gasteiger partial charge is 0.262 e. The molecule has 0 bridgehead atoms. The summed E-state index contributed by atoms with van der Waals surface area (Å²) in [5.41, 5.74) is 1.70. The highest BCUT2D eigenvalue weighted by Gasteiger charge is 2.16. The van der Waals surface area contributed by atoms with Crippen molar-refractivity contribution in [2.75, 3.05) is 23.8 Å². The molecule has 2 N–H and O–H groups in total. The third-order valence-electron chi connectivity index (χ3n) is 4.29. The summed E-state index contributed by atoms with van der Waals surface area (Å²) in [5, 5.41) is 2.75. The van der Waals surface area contributed by atoms with Crippen LogP contribution in [0, 0.1) is 10.5 Å². The van der Waals surface area contributed by atoms with Crippen LogP contribution in [0.5, 0.6) is 11.5 Å². The van der Waals surface area contributed by atoms with Gasteiger partial charge in [-0.25, -0.2) is 8.42 Å². The Morgan fingerprint density at radius 3 is 2.23 bits per heavy atom. The number of hydrogen-bond donors (Lipinski definition) is 2. The molecule has 0 saturated carbocycles. The van der Waals surface area contributed by atoms with E-state index >= 15 is 0 Å². The van der Waals surface area contributed by atoms with Crippen molar-refractivity contribution >= 4 is 49.9 Å². The van der Waals surface area contributed by atoms with Gasteiger partial charge in [-0.3, -0.25) is 9.52 Å². The van der Waals surface area contributed by atoms with Crippen LogP contribution in [0.15, 0.2) is 71.6 Å². The monoisotopic (exact) mass is 552 g/mol. The number of aryl methyl sites for hydroxylation is 1. The Balaban J connectivity index is 1.63. The molecule has 0 aliphatic rings. The predicted octanol–water partition coefficient (Wildman–Crippen LogP) is 4.43. The summed E-state index contributed by atoms with van der Waals surface area (Å²) in [5.74, 6) is 0.756. The summed E-state index contributed by atoms with van der Waals surface area (Å²) >= 11 is 2.19. The van der Waals surface area contributed by atoms with Crippen LogP contribution in [0.4, 0.5) is 11.4 Å². The van der Waals surface area contributed by atoms with Crippen LogP contribution in [0.3, 0.4) is 0 Å². The standard InChI is InChI=1S/C22H21IN2O5S/c1-15-13-20(31(27,28)25-18-7-9-19(29-2)10-8-18)11-12-21(15)30-14-22(26)24-17-5-3-16(23)4-6-17/h3-13,25H,14H2,1-2H3,(H,24,26). The maximum atomic E-state index is 12.7. The number of methoxy groups -OCH3 is 1. The van der Waals surface area contributed by atoms with Gasteiger partial charge in [-0.05, 0) is 102 Å². The summed E-state index contributed by atoms with van der Waals surface area (Å²) < 4.78 is 39.6. The maximum absolute atomic E-state index is 12.7. The zero-order valence-electron chi connectivity index (χ0n) is 16.9. The normalized spacial score (nSPS) is 10.9. The molecule has 0 aliphatic heterocycles. The summed E-state index contributed by atoms with van der Waals surface area (Å²) in [6, 6.07) is 18.4. The second kappa shape index (κ2) is 10.0. The predicted molar refractivity (Wildman–Crippen MR) is 128 cm³/mol. The van der Waals surface area contributed by atoms with Crippen LogP contribution < -0.4 is 19.5 Å². The van der Waals surface area contributed by atoms with Crippen molar-refractivity contribution in [1.29, 1.82) is 0 Å². The van der Waals surface area contributed by atoms with Gasteiger partial charge in [0.25, 0.3) is 15.9 Å². The first-order valence-corrected chi connectivity index (χ1v) is 11.8. The molecule has 3 rings (SSSR count). The van der Waals surface area contributed by atoms with Gasteiger partial charge in [0.15, 0.2) is 6.61 Å². The molecule has 0 radical (unpaired) electrons. The Hall–Kier alpha value is -2.79. The molecule has 0 unspecified atom stereocenters. The Morgan fingerprint density at radius 1 is 0.968 bits per heavy atom. The Bertz CT molecular complexity index is 1160. The Morgan fingerprint density at radius 2 is 1.61 bits per heavy atom. The number of sulfonamides is 1. The summed E-state index contributed by atoms with van der Waals surface area (Å²) in [4.78, 5) is 12.2. The van der Waals surface area contributed by atoms with Crippen molar-refractivity contribution in [2.24, 2.45) is 0 Å². The Kier molecular flexibility index (Phi) is 7.39. The number of rotatable bonds is 8. The van der Waals surface area contributed by atoms with E-state index in [4.69, 9.17) is 9.47 Å². The number of carbonyl (C=O) groups excluding carboxylic acids is 1. The second-order valence-corrected chi connectivity index (χ2v) is 9.53. The van der Waals surface area contributed by atoms with Crippen molar-refractivity contribution in [3.05, 3.63) is 75.9 Å². The van der Waals surface area contributed by atoms with E-state index in [9.17, 15) is 13.2 Å². The lowest BCUT2D eigenvalue weighted by Crippen LogP contribution is -2.20. The van der Waals surface area contributed by atoms with Gasteiger partial charge in [0.05, 0.1) is 12.0 Å². The number of amides is 1. The van der Waals surface area contributed by atoms with Crippen molar-refractivity contribution in [1.82, 2.24) is 0 Å². The van der Waals surface area contributed by atoms with E-state index in [1.165, 1.54) is 25.3 Å². The highest BCUT2D eigenvalue weighted by atomic mass is 127. The zero-order valence-corrected chi connectivity index (χ0v) is 19.9. The SMILES string of the molecule is COc1ccc(NS(=O)(=O)c2ccc(OCC(=O)Nc3ccc(I)cc3)c(C)c2)cc1. The number of hydrogen-bond acceptors (Lipinski definition) is 5. The van der Waals surface area contributed by atoms with E-state index in [-0.39, 0.29) is 17.4 Å². The lowest BCUT2D eigenvalue weighted by Gasteiger charge is -2.13. The average Bonchev–Trinajstić information content (AvgIpc) is 2.75. The Labute approximate surface area is 195 Å². The number of ether oxygens (including phenoxy) is 2. The first-order valence-electron chi connectivity index (χ1n) is 9.22. The lowest BCUT2D eigenvalue weighted by molar-refractivity contribution is -0.118. The summed E-state index contributed by atoms with van der Waals surface area (Å²) in [6.45, 7) is 1.53. The minimum Gasteiger partial charge on any atom is -0.497 e. The van der Waals surface area contributed by atoms with Crippen molar-refractivity contribution in [2.45, 2.75) is 11.8 Å². The first-order chi connectivity index (χ1) is 14.8. The fourth-order valence-electron chi connectivity index (χ4n) is 2.70. The molecule has 3 aromatic carbocycles. The lowest BCUT2D eigenvalue weighted by atomic mass is 10.2. The molecule has 0 saturated heterocycles. The van der Waals surface area contributed by atoms with Gasteiger partial charge < -0.3 is 14.8 Å². The molecule has 31 heavy (non-hydrogen) atoms. The van der Waals surface area contributed by atoms with Gasteiger partial charge in [0, 0.05) is 14.9 Å². The largest absolute Gasteiger partial charge is 0.497 e. The van der Waals surface area contributed by atoms with E-state index in [2.05, 4.69) is 32.6 Å². The molecule has 3 aromatic rings. The van der Waals surface area contributed by atoms with Crippen LogP contribution in [0.2, 0.25) is 0 Å². The van der Waals surface area contributed by atoms with Crippen LogP contribution in [-0.2, 0) is 14.8 Å². The van der Waals surface area contributed by atoms with E-state index in [1.54, 1.807) is 43.3 Å². The van der Waals surface area contributed by atoms with E-state index in [1.807, 2.05) is 12.1 Å². The van der Waals surface area contributed by atoms with Crippen molar-refractivity contribution in [3.63, 3.8) is 0 Å². The molecule has 1 amide bonds. The average molecular weight is 552 g/mol. The number of benzene rings is 3. The third kappa shape index (κ3) is 6.34. The molecule has 0 fully saturated rings. The molecular weight excluding hydrogens is 531 g/mol. The van der Waals surface area contributed by atoms with Gasteiger partial charge in [-0.1, -0.05) is 0 Å². The van der Waals surface area contributed by atoms with Crippen molar-refractivity contribution in [3.8, 4) is 11.5 Å². The van der Waals surface area contributed by atoms with E-state index < -0.39 is 10.0 Å². The van der Waals surface area contributed by atoms with Gasteiger partial charge in [0.2, 0.25) is 0 Å². The molecule has 0 heterocycles. The quantitative estimate of drug-likeness (QED) is 0.404. The van der Waals surface area contributed by atoms with Gasteiger partial charge in [-0.2, -0.15) is 0 Å². The topological polar surface area (TPSA) is 93.7 Å². The highest BCUT2D eigenvalue weighted by molar-refractivity contribution is 14.1. The van der Waals surface area contributed by atoms with Gasteiger partial charge >= 0.3 is 0 Å². The van der Waals surface area contributed by atoms with E-state index in [0.29, 0.717) is 28.4 Å². The second-order valence-electron chi connectivity index (χ2n) is 6.61. The van der Waals surface area contributed by atoms with Gasteiger partial charge in [-0.15, -0.1) is 0 Å². The fourth-order valence-corrected chi connectivity index (χ4v) is 4.20. The first kappa shape index (κ1) is 22.9. The summed E-state index contributed by atoms with van der Waals surface area (Å²) in [6.07, 6.45) is 0. The van der Waals surface area contributed by atoms with Crippen LogP contribution >= 0.6 is 22.6 Å². The highest BCUT2D eigenvalue weighted by Crippen LogP contribution is 2.24. The molecule has 0 spiro atoms. The molecule has 9 heteroatoms. The maximum Gasteiger partial charge on any atom is 0.262 e. The number of carbonyl (C=O) groups is 1. The van der Waals surface area contributed by atoms with Gasteiger partial charge in [0.1, 0.15) is 11.5 Å². The summed E-state index contributed by atoms with van der Waals surface area (Å²) in [7, 11) is -2.23. The number of nitrogens with one attached hydrogen (secondary N) is 2. The third-order valence-corrected chi connectivity index (χ3v) is 6.38. The van der Waals surface area contributed by atoms with E-state index in [0.717, 1.165) is 3.57 Å². The molecule has 0 aliphatic carbocycles. The zero-order chi connectivity index (χ0) is 22.4. The molecule has 162 valence electrons. The fraction of sp³-hybridized carbons (Fsp3) is 0.136. The molecule has 0 atom stereocenters. The molecule has 7 nitrogen and oxygen atoms in total.